The first kappa shape index (κ1) is 10.8. The minimum Gasteiger partial charge on any atom is -0.344 e. The summed E-state index contributed by atoms with van der Waals surface area (Å²) in [6.07, 6.45) is 0. The molecule has 0 N–H and O–H groups in total. The van der Waals surface area contributed by atoms with Crippen LogP contribution >= 0.6 is 11.3 Å². The number of likely N-dealkylation sites (N-methyl/N-ethyl adjacent to an activating group) is 1. The monoisotopic (exact) mass is 226 g/mol. The van der Waals surface area contributed by atoms with Crippen molar-refractivity contribution in [2.24, 2.45) is 0 Å². The molecule has 84 valence electrons. The van der Waals surface area contributed by atoms with Crippen molar-refractivity contribution in [3.63, 3.8) is 0 Å². The van der Waals surface area contributed by atoms with Gasteiger partial charge in [-0.15, -0.1) is 10.2 Å². The van der Waals surface area contributed by atoms with Crippen molar-refractivity contribution in [1.29, 1.82) is 0 Å². The standard InChI is InChI=1S/C10H18N4S/c1-8(2)9-11-12-10(15-9)14-6-4-13(3)5-7-14/h8H,4-7H2,1-3H3. The van der Waals surface area contributed by atoms with E-state index in [2.05, 4.69) is 40.9 Å². The van der Waals surface area contributed by atoms with Gasteiger partial charge in [-0.2, -0.15) is 0 Å². The average Bonchev–Trinajstić information content (AvgIpc) is 2.68. The molecule has 0 spiro atoms. The van der Waals surface area contributed by atoms with Crippen LogP contribution in [0.25, 0.3) is 0 Å². The van der Waals surface area contributed by atoms with Crippen LogP contribution in [0.15, 0.2) is 0 Å². The normalized spacial score (nSPS) is 18.8. The summed E-state index contributed by atoms with van der Waals surface area (Å²) in [6, 6.07) is 0. The van der Waals surface area contributed by atoms with E-state index in [1.165, 1.54) is 0 Å². The summed E-state index contributed by atoms with van der Waals surface area (Å²) in [6.45, 7) is 8.71. The maximum absolute atomic E-state index is 4.26. The largest absolute Gasteiger partial charge is 0.344 e. The van der Waals surface area contributed by atoms with Crippen LogP contribution in [-0.4, -0.2) is 48.3 Å². The maximum atomic E-state index is 4.26. The van der Waals surface area contributed by atoms with E-state index in [0.717, 1.165) is 36.3 Å². The molecule has 0 aromatic carbocycles. The van der Waals surface area contributed by atoms with Gasteiger partial charge in [0.25, 0.3) is 0 Å². The highest BCUT2D eigenvalue weighted by molar-refractivity contribution is 7.15. The fourth-order valence-corrected chi connectivity index (χ4v) is 2.48. The zero-order valence-corrected chi connectivity index (χ0v) is 10.4. The highest BCUT2D eigenvalue weighted by atomic mass is 32.1. The number of piperazine rings is 1. The molecular weight excluding hydrogens is 208 g/mol. The Labute approximate surface area is 94.9 Å². The molecule has 0 atom stereocenters. The van der Waals surface area contributed by atoms with Crippen LogP contribution in [0.5, 0.6) is 0 Å². The average molecular weight is 226 g/mol. The summed E-state index contributed by atoms with van der Waals surface area (Å²) in [4.78, 5) is 4.68. The lowest BCUT2D eigenvalue weighted by Gasteiger charge is -2.31. The SMILES string of the molecule is CC(C)c1nnc(N2CCN(C)CC2)s1. The molecule has 0 radical (unpaired) electrons. The van der Waals surface area contributed by atoms with Crippen molar-refractivity contribution >= 4 is 16.5 Å². The molecule has 0 unspecified atom stereocenters. The second-order valence-corrected chi connectivity index (χ2v) is 5.36. The van der Waals surface area contributed by atoms with E-state index in [0.29, 0.717) is 5.92 Å². The molecule has 15 heavy (non-hydrogen) atoms. The molecule has 1 aliphatic rings. The van der Waals surface area contributed by atoms with Gasteiger partial charge in [0.05, 0.1) is 0 Å². The van der Waals surface area contributed by atoms with Crippen LogP contribution < -0.4 is 4.90 Å². The first-order valence-corrected chi connectivity index (χ1v) is 6.25. The molecule has 0 aliphatic carbocycles. The van der Waals surface area contributed by atoms with Crippen LogP contribution in [0.4, 0.5) is 5.13 Å². The molecule has 0 bridgehead atoms. The van der Waals surface area contributed by atoms with Gasteiger partial charge in [0.1, 0.15) is 5.01 Å². The molecule has 1 aromatic heterocycles. The zero-order valence-electron chi connectivity index (χ0n) is 9.60. The van der Waals surface area contributed by atoms with Gasteiger partial charge in [-0.25, -0.2) is 0 Å². The third-order valence-corrected chi connectivity index (χ3v) is 3.98. The summed E-state index contributed by atoms with van der Waals surface area (Å²) in [7, 11) is 2.16. The van der Waals surface area contributed by atoms with Gasteiger partial charge in [-0.1, -0.05) is 25.2 Å². The Kier molecular flexibility index (Phi) is 3.21. The summed E-state index contributed by atoms with van der Waals surface area (Å²) in [5.74, 6) is 0.490. The Morgan fingerprint density at radius 2 is 1.80 bits per heavy atom. The van der Waals surface area contributed by atoms with Crippen molar-refractivity contribution < 1.29 is 0 Å². The Balaban J connectivity index is 2.03. The molecule has 1 aromatic rings. The summed E-state index contributed by atoms with van der Waals surface area (Å²) < 4.78 is 0. The number of rotatable bonds is 2. The Hall–Kier alpha value is -0.680. The highest BCUT2D eigenvalue weighted by Gasteiger charge is 2.18. The summed E-state index contributed by atoms with van der Waals surface area (Å²) in [5, 5.41) is 10.7. The van der Waals surface area contributed by atoms with E-state index in [1.54, 1.807) is 11.3 Å². The third kappa shape index (κ3) is 2.46. The van der Waals surface area contributed by atoms with Gasteiger partial charge in [0, 0.05) is 32.1 Å². The lowest BCUT2D eigenvalue weighted by Crippen LogP contribution is -2.44. The predicted molar refractivity (Wildman–Crippen MR) is 63.7 cm³/mol. The van der Waals surface area contributed by atoms with Gasteiger partial charge in [0.15, 0.2) is 0 Å². The lowest BCUT2D eigenvalue weighted by atomic mass is 10.2. The lowest BCUT2D eigenvalue weighted by molar-refractivity contribution is 0.312. The minimum atomic E-state index is 0.490. The van der Waals surface area contributed by atoms with E-state index in [-0.39, 0.29) is 0 Å². The van der Waals surface area contributed by atoms with Crippen LogP contribution in [0.3, 0.4) is 0 Å². The van der Waals surface area contributed by atoms with Gasteiger partial charge >= 0.3 is 0 Å². The predicted octanol–water partition coefficient (Wildman–Crippen LogP) is 1.41. The molecule has 0 amide bonds. The van der Waals surface area contributed by atoms with Crippen molar-refractivity contribution in [3.05, 3.63) is 5.01 Å². The number of anilines is 1. The summed E-state index contributed by atoms with van der Waals surface area (Å²) >= 11 is 1.73. The second kappa shape index (κ2) is 4.45. The smallest absolute Gasteiger partial charge is 0.208 e. The van der Waals surface area contributed by atoms with Crippen LogP contribution in [-0.2, 0) is 0 Å². The molecule has 2 heterocycles. The second-order valence-electron chi connectivity index (χ2n) is 4.37. The van der Waals surface area contributed by atoms with E-state index in [4.69, 9.17) is 0 Å². The molecule has 2 rings (SSSR count). The fraction of sp³-hybridized carbons (Fsp3) is 0.800. The first-order chi connectivity index (χ1) is 7.16. The van der Waals surface area contributed by atoms with Crippen molar-refractivity contribution in [2.75, 3.05) is 38.1 Å². The zero-order chi connectivity index (χ0) is 10.8. The van der Waals surface area contributed by atoms with E-state index >= 15 is 0 Å². The third-order valence-electron chi connectivity index (χ3n) is 2.70. The topological polar surface area (TPSA) is 32.3 Å². The quantitative estimate of drug-likeness (QED) is 0.763. The molecule has 4 nitrogen and oxygen atoms in total. The Morgan fingerprint density at radius 3 is 2.33 bits per heavy atom. The molecular formula is C10H18N4S. The number of aromatic nitrogens is 2. The Morgan fingerprint density at radius 1 is 1.13 bits per heavy atom. The molecule has 5 heteroatoms. The van der Waals surface area contributed by atoms with Gasteiger partial charge in [0.2, 0.25) is 5.13 Å². The highest BCUT2D eigenvalue weighted by Crippen LogP contribution is 2.25. The van der Waals surface area contributed by atoms with E-state index in [9.17, 15) is 0 Å². The molecule has 1 fully saturated rings. The molecule has 1 saturated heterocycles. The summed E-state index contributed by atoms with van der Waals surface area (Å²) in [5.41, 5.74) is 0. The molecule has 1 aliphatic heterocycles. The Bertz CT molecular complexity index is 315. The van der Waals surface area contributed by atoms with Crippen molar-refractivity contribution in [3.8, 4) is 0 Å². The van der Waals surface area contributed by atoms with E-state index < -0.39 is 0 Å². The van der Waals surface area contributed by atoms with Gasteiger partial charge < -0.3 is 9.80 Å². The molecule has 0 saturated carbocycles. The fourth-order valence-electron chi connectivity index (χ4n) is 1.59. The van der Waals surface area contributed by atoms with Crippen LogP contribution in [0.1, 0.15) is 24.8 Å². The van der Waals surface area contributed by atoms with E-state index in [1.807, 2.05) is 0 Å². The maximum Gasteiger partial charge on any atom is 0.208 e. The number of hydrogen-bond acceptors (Lipinski definition) is 5. The van der Waals surface area contributed by atoms with Gasteiger partial charge in [-0.3, -0.25) is 0 Å². The number of hydrogen-bond donors (Lipinski definition) is 0. The van der Waals surface area contributed by atoms with Gasteiger partial charge in [-0.05, 0) is 7.05 Å². The van der Waals surface area contributed by atoms with Crippen LogP contribution in [0.2, 0.25) is 0 Å². The number of nitrogens with zero attached hydrogens (tertiary/aromatic N) is 4. The van der Waals surface area contributed by atoms with Crippen molar-refractivity contribution in [1.82, 2.24) is 15.1 Å². The minimum absolute atomic E-state index is 0.490. The van der Waals surface area contributed by atoms with Crippen molar-refractivity contribution in [2.45, 2.75) is 19.8 Å². The van der Waals surface area contributed by atoms with Crippen LogP contribution in [0, 0.1) is 0 Å². The first-order valence-electron chi connectivity index (χ1n) is 5.43.